The fourth-order valence-electron chi connectivity index (χ4n) is 1.48. The third kappa shape index (κ3) is 1.96. The van der Waals surface area contributed by atoms with Crippen molar-refractivity contribution in [1.29, 1.82) is 0 Å². The number of aryl methyl sites for hydroxylation is 1. The van der Waals surface area contributed by atoms with E-state index in [1.165, 1.54) is 5.56 Å². The van der Waals surface area contributed by atoms with Crippen LogP contribution in [-0.4, -0.2) is 0 Å². The van der Waals surface area contributed by atoms with E-state index in [1.54, 1.807) is 0 Å². The van der Waals surface area contributed by atoms with Crippen LogP contribution in [0.3, 0.4) is 0 Å². The Morgan fingerprint density at radius 3 is 2.71 bits per heavy atom. The minimum absolute atomic E-state index is 0.797. The molecule has 0 aliphatic rings. The van der Waals surface area contributed by atoms with Crippen molar-refractivity contribution in [2.45, 2.75) is 13.3 Å². The highest BCUT2D eigenvalue weighted by molar-refractivity contribution is 5.41. The van der Waals surface area contributed by atoms with Gasteiger partial charge in [-0.15, -0.1) is 0 Å². The molecule has 0 aliphatic heterocycles. The molecule has 0 bridgehead atoms. The normalized spacial score (nSPS) is 10.4. The van der Waals surface area contributed by atoms with Crippen molar-refractivity contribution in [3.63, 3.8) is 0 Å². The van der Waals surface area contributed by atoms with Gasteiger partial charge in [0, 0.05) is 12.1 Å². The van der Waals surface area contributed by atoms with Crippen molar-refractivity contribution >= 4 is 5.69 Å². The number of hydrogen-bond acceptors (Lipinski definition) is 2. The number of hydrogen-bond donors (Lipinski definition) is 1. The first-order valence-electron chi connectivity index (χ1n) is 4.64. The second-order valence-electron chi connectivity index (χ2n) is 3.43. The molecule has 14 heavy (non-hydrogen) atoms. The first-order valence-corrected chi connectivity index (χ1v) is 4.64. The van der Waals surface area contributed by atoms with Crippen LogP contribution in [0.25, 0.3) is 0 Å². The monoisotopic (exact) mass is 187 g/mol. The first-order chi connectivity index (χ1) is 6.74. The highest BCUT2D eigenvalue weighted by Crippen LogP contribution is 2.14. The Kier molecular flexibility index (Phi) is 2.27. The van der Waals surface area contributed by atoms with Gasteiger partial charge in [0.25, 0.3) is 0 Å². The van der Waals surface area contributed by atoms with Gasteiger partial charge in [-0.25, -0.2) is 0 Å². The summed E-state index contributed by atoms with van der Waals surface area (Å²) in [5.74, 6) is 1.93. The molecule has 0 amide bonds. The molecule has 2 heteroatoms. The topological polar surface area (TPSA) is 39.2 Å². The Bertz CT molecular complexity index is 431. The van der Waals surface area contributed by atoms with E-state index >= 15 is 0 Å². The molecule has 0 saturated heterocycles. The van der Waals surface area contributed by atoms with E-state index < -0.39 is 0 Å². The molecule has 1 heterocycles. The average molecular weight is 187 g/mol. The quantitative estimate of drug-likeness (QED) is 0.734. The van der Waals surface area contributed by atoms with E-state index in [9.17, 15) is 0 Å². The second-order valence-corrected chi connectivity index (χ2v) is 3.43. The molecule has 1 aromatic heterocycles. The summed E-state index contributed by atoms with van der Waals surface area (Å²) < 4.78 is 5.49. The molecule has 72 valence electrons. The molecule has 0 aliphatic carbocycles. The van der Waals surface area contributed by atoms with Crippen molar-refractivity contribution < 1.29 is 4.42 Å². The van der Waals surface area contributed by atoms with Gasteiger partial charge in [0.2, 0.25) is 0 Å². The molecule has 0 saturated carbocycles. The Hall–Kier alpha value is -1.70. The van der Waals surface area contributed by atoms with E-state index in [4.69, 9.17) is 10.2 Å². The zero-order valence-corrected chi connectivity index (χ0v) is 8.16. The number of benzene rings is 1. The van der Waals surface area contributed by atoms with Gasteiger partial charge in [-0.2, -0.15) is 0 Å². The lowest BCUT2D eigenvalue weighted by atomic mass is 10.1. The number of anilines is 1. The summed E-state index contributed by atoms with van der Waals surface area (Å²) in [7, 11) is 0. The molecule has 0 unspecified atom stereocenters. The molecule has 2 rings (SSSR count). The molecule has 1 aromatic carbocycles. The van der Waals surface area contributed by atoms with Crippen LogP contribution in [0.15, 0.2) is 40.8 Å². The lowest BCUT2D eigenvalue weighted by Gasteiger charge is -1.99. The molecule has 0 radical (unpaired) electrons. The lowest BCUT2D eigenvalue weighted by molar-refractivity contribution is 0.493. The van der Waals surface area contributed by atoms with Crippen molar-refractivity contribution in [3.8, 4) is 0 Å². The Balaban J connectivity index is 2.18. The van der Waals surface area contributed by atoms with Crippen LogP contribution in [0, 0.1) is 6.92 Å². The zero-order chi connectivity index (χ0) is 9.97. The maximum absolute atomic E-state index is 5.69. The van der Waals surface area contributed by atoms with Gasteiger partial charge in [-0.1, -0.05) is 12.1 Å². The average Bonchev–Trinajstić information content (AvgIpc) is 2.51. The van der Waals surface area contributed by atoms with Crippen LogP contribution in [0.2, 0.25) is 0 Å². The highest BCUT2D eigenvalue weighted by Gasteiger charge is 2.00. The molecule has 2 N–H and O–H groups in total. The lowest BCUT2D eigenvalue weighted by Crippen LogP contribution is -1.89. The Labute approximate surface area is 83.4 Å². The van der Waals surface area contributed by atoms with Crippen molar-refractivity contribution in [2.24, 2.45) is 0 Å². The standard InChI is InChI=1S/C12H13NO/c1-9-5-6-12(14-9)8-10-3-2-4-11(13)7-10/h2-7H,8,13H2,1H3. The van der Waals surface area contributed by atoms with Gasteiger partial charge in [0.1, 0.15) is 11.5 Å². The number of furan rings is 1. The summed E-state index contributed by atoms with van der Waals surface area (Å²) in [6.45, 7) is 1.95. The maximum Gasteiger partial charge on any atom is 0.108 e. The Morgan fingerprint density at radius 2 is 2.07 bits per heavy atom. The second kappa shape index (κ2) is 3.58. The third-order valence-corrected chi connectivity index (χ3v) is 2.13. The van der Waals surface area contributed by atoms with E-state index in [-0.39, 0.29) is 0 Å². The molecule has 0 atom stereocenters. The van der Waals surface area contributed by atoms with Crippen molar-refractivity contribution in [2.75, 3.05) is 5.73 Å². The fourth-order valence-corrected chi connectivity index (χ4v) is 1.48. The summed E-state index contributed by atoms with van der Waals surface area (Å²) in [6, 6.07) is 11.8. The van der Waals surface area contributed by atoms with Gasteiger partial charge < -0.3 is 10.2 Å². The zero-order valence-electron chi connectivity index (χ0n) is 8.16. The summed E-state index contributed by atoms with van der Waals surface area (Å²) in [4.78, 5) is 0. The summed E-state index contributed by atoms with van der Waals surface area (Å²) >= 11 is 0. The molecule has 0 fully saturated rings. The first kappa shape index (κ1) is 8.88. The minimum Gasteiger partial charge on any atom is -0.466 e. The van der Waals surface area contributed by atoms with Gasteiger partial charge in [-0.05, 0) is 36.8 Å². The van der Waals surface area contributed by atoms with Crippen LogP contribution in [0.5, 0.6) is 0 Å². The van der Waals surface area contributed by atoms with Crippen LogP contribution >= 0.6 is 0 Å². The Morgan fingerprint density at radius 1 is 1.21 bits per heavy atom. The van der Waals surface area contributed by atoms with Gasteiger partial charge in [0.05, 0.1) is 0 Å². The molecule has 2 nitrogen and oxygen atoms in total. The number of nitrogens with two attached hydrogens (primary N) is 1. The van der Waals surface area contributed by atoms with Crippen LogP contribution < -0.4 is 5.73 Å². The van der Waals surface area contributed by atoms with Crippen LogP contribution in [0.4, 0.5) is 5.69 Å². The maximum atomic E-state index is 5.69. The van der Waals surface area contributed by atoms with E-state index in [2.05, 4.69) is 0 Å². The predicted octanol–water partition coefficient (Wildman–Crippen LogP) is 2.76. The van der Waals surface area contributed by atoms with Gasteiger partial charge in [0.15, 0.2) is 0 Å². The highest BCUT2D eigenvalue weighted by atomic mass is 16.3. The SMILES string of the molecule is Cc1ccc(Cc2cccc(N)c2)o1. The predicted molar refractivity (Wildman–Crippen MR) is 57.1 cm³/mol. The number of rotatable bonds is 2. The van der Waals surface area contributed by atoms with Crippen molar-refractivity contribution in [3.05, 3.63) is 53.5 Å². The van der Waals surface area contributed by atoms with Gasteiger partial charge in [-0.3, -0.25) is 0 Å². The summed E-state index contributed by atoms with van der Waals surface area (Å²) in [5, 5.41) is 0. The molecule has 0 spiro atoms. The third-order valence-electron chi connectivity index (χ3n) is 2.13. The van der Waals surface area contributed by atoms with E-state index in [0.29, 0.717) is 0 Å². The smallest absolute Gasteiger partial charge is 0.108 e. The minimum atomic E-state index is 0.797. The van der Waals surface area contributed by atoms with E-state index in [1.807, 2.05) is 43.3 Å². The van der Waals surface area contributed by atoms with Gasteiger partial charge >= 0.3 is 0 Å². The molecule has 2 aromatic rings. The largest absolute Gasteiger partial charge is 0.466 e. The van der Waals surface area contributed by atoms with Crippen molar-refractivity contribution in [1.82, 2.24) is 0 Å². The summed E-state index contributed by atoms with van der Waals surface area (Å²) in [6.07, 6.45) is 0.804. The van der Waals surface area contributed by atoms with E-state index in [0.717, 1.165) is 23.6 Å². The van der Waals surface area contributed by atoms with Crippen LogP contribution in [-0.2, 0) is 6.42 Å². The fraction of sp³-hybridized carbons (Fsp3) is 0.167. The molecular weight excluding hydrogens is 174 g/mol. The molecular formula is C12H13NO. The van der Waals surface area contributed by atoms with Crippen LogP contribution in [0.1, 0.15) is 17.1 Å². The summed E-state index contributed by atoms with van der Waals surface area (Å²) in [5.41, 5.74) is 7.66. The number of nitrogen functional groups attached to an aromatic ring is 1.